The van der Waals surface area contributed by atoms with Crippen molar-refractivity contribution in [1.82, 2.24) is 9.55 Å². The number of nitrogens with two attached hydrogens (primary N) is 1. The van der Waals surface area contributed by atoms with Crippen LogP contribution in [0, 0.1) is 0 Å². The maximum absolute atomic E-state index is 13.7. The predicted octanol–water partition coefficient (Wildman–Crippen LogP) is 2.50. The predicted molar refractivity (Wildman–Crippen MR) is 128 cm³/mol. The molecule has 36 heavy (non-hydrogen) atoms. The van der Waals surface area contributed by atoms with Crippen LogP contribution in [0.25, 0.3) is 22.3 Å². The van der Waals surface area contributed by atoms with Crippen molar-refractivity contribution in [2.24, 2.45) is 5.73 Å². The maximum Gasteiger partial charge on any atom is 0.355 e. The molecule has 1 atom stereocenters. The fourth-order valence-electron chi connectivity index (χ4n) is 5.21. The maximum atomic E-state index is 13.7. The lowest BCUT2D eigenvalue weighted by Gasteiger charge is -2.35. The Hall–Kier alpha value is -3.79. The molecule has 4 heterocycles. The van der Waals surface area contributed by atoms with E-state index in [1.165, 1.54) is 0 Å². The highest BCUT2D eigenvalue weighted by Gasteiger charge is 2.51. The molecular weight excluding hydrogens is 469 g/mol. The van der Waals surface area contributed by atoms with Crippen molar-refractivity contribution >= 4 is 22.8 Å². The van der Waals surface area contributed by atoms with Gasteiger partial charge >= 0.3 is 11.9 Å². The number of ether oxygens (including phenoxy) is 3. The number of nitrogens with zero attached hydrogens (tertiary/aromatic N) is 2. The van der Waals surface area contributed by atoms with Crippen LogP contribution in [0.3, 0.4) is 0 Å². The summed E-state index contributed by atoms with van der Waals surface area (Å²) in [5.74, 6) is -1.10. The lowest BCUT2D eigenvalue weighted by atomic mass is 9.85. The first-order chi connectivity index (χ1) is 17.4. The first kappa shape index (κ1) is 23.9. The van der Waals surface area contributed by atoms with Crippen molar-refractivity contribution < 1.29 is 28.2 Å². The fourth-order valence-corrected chi connectivity index (χ4v) is 5.21. The Morgan fingerprint density at radius 3 is 2.75 bits per heavy atom. The Balaban J connectivity index is 1.76. The minimum atomic E-state index is -2.09. The largest absolute Gasteiger partial charge is 0.494 e. The fraction of sp³-hybridized carbons (Fsp3) is 0.385. The van der Waals surface area contributed by atoms with Crippen molar-refractivity contribution in [2.75, 3.05) is 19.8 Å². The number of hydrogen-bond donors (Lipinski definition) is 1. The molecule has 1 unspecified atom stereocenters. The van der Waals surface area contributed by atoms with Crippen molar-refractivity contribution in [3.63, 3.8) is 0 Å². The van der Waals surface area contributed by atoms with Gasteiger partial charge in [-0.15, -0.1) is 0 Å². The topological polar surface area (TPSA) is 123 Å². The highest BCUT2D eigenvalue weighted by Crippen LogP contribution is 2.42. The number of fused-ring (bicyclic) bond motifs is 5. The van der Waals surface area contributed by atoms with Crippen molar-refractivity contribution in [1.29, 1.82) is 0 Å². The number of hydrogen-bond acceptors (Lipinski definition) is 8. The van der Waals surface area contributed by atoms with Crippen LogP contribution in [-0.4, -0.2) is 41.3 Å². The number of cyclic esters (lactones) is 1. The van der Waals surface area contributed by atoms with E-state index in [1.54, 1.807) is 10.6 Å². The molecule has 0 radical (unpaired) electrons. The summed E-state index contributed by atoms with van der Waals surface area (Å²) in [5.41, 5.74) is 6.90. The van der Waals surface area contributed by atoms with E-state index < -0.39 is 42.7 Å². The van der Waals surface area contributed by atoms with Gasteiger partial charge in [-0.05, 0) is 43.2 Å². The molecule has 0 bridgehead atoms. The van der Waals surface area contributed by atoms with Crippen LogP contribution in [0.1, 0.15) is 42.5 Å². The SMILES string of the molecule is CCOc1ccc2nc3c(c(CC)c2c1)Cn1c-3cc2c(c1=O)COC(=O)C2(CCF)OC(=O)CN. The lowest BCUT2D eigenvalue weighted by molar-refractivity contribution is -0.189. The second kappa shape index (κ2) is 9.02. The lowest BCUT2D eigenvalue weighted by Crippen LogP contribution is -2.49. The molecule has 2 aliphatic rings. The van der Waals surface area contributed by atoms with Crippen LogP contribution in [0.2, 0.25) is 0 Å². The van der Waals surface area contributed by atoms with Gasteiger partial charge in [0.2, 0.25) is 5.60 Å². The number of benzene rings is 1. The minimum absolute atomic E-state index is 0.119. The molecular formula is C26H26FN3O6. The van der Waals surface area contributed by atoms with Gasteiger partial charge in [-0.1, -0.05) is 6.92 Å². The number of esters is 2. The third-order valence-corrected chi connectivity index (χ3v) is 6.81. The number of aromatic nitrogens is 2. The van der Waals surface area contributed by atoms with Crippen LogP contribution in [-0.2, 0) is 44.2 Å². The number of carbonyl (C=O) groups excluding carboxylic acids is 2. The van der Waals surface area contributed by atoms with E-state index in [-0.39, 0.29) is 24.3 Å². The van der Waals surface area contributed by atoms with Gasteiger partial charge in [0.1, 0.15) is 12.4 Å². The van der Waals surface area contributed by atoms with Crippen molar-refractivity contribution in [2.45, 2.75) is 45.4 Å². The summed E-state index contributed by atoms with van der Waals surface area (Å²) in [6.07, 6.45) is 0.201. The second-order valence-corrected chi connectivity index (χ2v) is 8.72. The molecule has 0 amide bonds. The van der Waals surface area contributed by atoms with Gasteiger partial charge in [-0.2, -0.15) is 0 Å². The smallest absolute Gasteiger partial charge is 0.355 e. The first-order valence-electron chi connectivity index (χ1n) is 11.9. The second-order valence-electron chi connectivity index (χ2n) is 8.72. The Kier molecular flexibility index (Phi) is 5.99. The monoisotopic (exact) mass is 495 g/mol. The van der Waals surface area contributed by atoms with E-state index in [2.05, 4.69) is 0 Å². The van der Waals surface area contributed by atoms with E-state index in [0.29, 0.717) is 24.4 Å². The summed E-state index contributed by atoms with van der Waals surface area (Å²) in [6.45, 7) is 2.98. The summed E-state index contributed by atoms with van der Waals surface area (Å²) in [4.78, 5) is 43.5. The minimum Gasteiger partial charge on any atom is -0.494 e. The number of carbonyl (C=O) groups is 2. The summed E-state index contributed by atoms with van der Waals surface area (Å²) in [5, 5.41) is 0.940. The third-order valence-electron chi connectivity index (χ3n) is 6.81. The molecule has 0 saturated carbocycles. The van der Waals surface area contributed by atoms with Crippen LogP contribution in [0.4, 0.5) is 4.39 Å². The van der Waals surface area contributed by atoms with Gasteiger partial charge < -0.3 is 24.5 Å². The molecule has 3 aromatic rings. The molecule has 5 rings (SSSR count). The molecule has 188 valence electrons. The highest BCUT2D eigenvalue weighted by molar-refractivity contribution is 5.90. The Labute approximate surface area is 206 Å². The average Bonchev–Trinajstić information content (AvgIpc) is 3.24. The van der Waals surface area contributed by atoms with E-state index in [4.69, 9.17) is 24.9 Å². The van der Waals surface area contributed by atoms with E-state index in [1.807, 2.05) is 32.0 Å². The van der Waals surface area contributed by atoms with Crippen molar-refractivity contribution in [3.05, 3.63) is 56.9 Å². The van der Waals surface area contributed by atoms with Gasteiger partial charge in [0, 0.05) is 22.9 Å². The van der Waals surface area contributed by atoms with Crippen LogP contribution >= 0.6 is 0 Å². The van der Waals surface area contributed by atoms with Crippen LogP contribution in [0.15, 0.2) is 29.1 Å². The van der Waals surface area contributed by atoms with Gasteiger partial charge in [0.05, 0.1) is 48.8 Å². The number of halogens is 1. The molecule has 2 aliphatic heterocycles. The number of pyridine rings is 2. The standard InChI is InChI=1S/C26H26FN3O6/c1-3-15-16-9-14(34-4-2)5-6-20(16)29-23-17(15)12-30-21(23)10-19-18(24(30)32)13-35-25(33)26(19,7-8-27)36-22(31)11-28/h5-6,9-10H,3-4,7-8,11-13,28H2,1-2H3. The first-order valence-corrected chi connectivity index (χ1v) is 11.9. The molecule has 2 aromatic heterocycles. The zero-order chi connectivity index (χ0) is 25.6. The van der Waals surface area contributed by atoms with Gasteiger partial charge in [-0.25, -0.2) is 9.78 Å². The molecule has 0 fully saturated rings. The summed E-state index contributed by atoms with van der Waals surface area (Å²) >= 11 is 0. The highest BCUT2D eigenvalue weighted by atomic mass is 19.1. The quantitative estimate of drug-likeness (QED) is 0.388. The zero-order valence-corrected chi connectivity index (χ0v) is 20.1. The molecule has 0 spiro atoms. The van der Waals surface area contributed by atoms with E-state index in [9.17, 15) is 18.8 Å². The van der Waals surface area contributed by atoms with Gasteiger partial charge in [0.15, 0.2) is 0 Å². The third kappa shape index (κ3) is 3.47. The van der Waals surface area contributed by atoms with Crippen LogP contribution in [0.5, 0.6) is 5.75 Å². The molecule has 10 heteroatoms. The Morgan fingerprint density at radius 1 is 1.25 bits per heavy atom. The summed E-state index contributed by atoms with van der Waals surface area (Å²) in [7, 11) is 0. The molecule has 9 nitrogen and oxygen atoms in total. The summed E-state index contributed by atoms with van der Waals surface area (Å²) < 4.78 is 31.5. The Morgan fingerprint density at radius 2 is 2.06 bits per heavy atom. The van der Waals surface area contributed by atoms with Crippen LogP contribution < -0.4 is 16.0 Å². The Bertz CT molecular complexity index is 1470. The number of rotatable bonds is 7. The average molecular weight is 496 g/mol. The number of alkyl halides is 1. The van der Waals surface area contributed by atoms with Gasteiger partial charge in [0.25, 0.3) is 5.56 Å². The number of aryl methyl sites for hydroxylation is 1. The molecule has 0 saturated heterocycles. The normalized spacial score (nSPS) is 17.8. The van der Waals surface area contributed by atoms with E-state index >= 15 is 0 Å². The molecule has 1 aromatic carbocycles. The summed E-state index contributed by atoms with van der Waals surface area (Å²) in [6, 6.07) is 7.27. The van der Waals surface area contributed by atoms with Gasteiger partial charge in [-0.3, -0.25) is 14.0 Å². The van der Waals surface area contributed by atoms with Crippen molar-refractivity contribution in [3.8, 4) is 17.1 Å². The van der Waals surface area contributed by atoms with E-state index in [0.717, 1.165) is 27.8 Å². The molecule has 0 aliphatic carbocycles. The zero-order valence-electron chi connectivity index (χ0n) is 20.1. The molecule has 2 N–H and O–H groups in total.